The molecule has 0 spiro atoms. The lowest BCUT2D eigenvalue weighted by Gasteiger charge is -2.24. The molecule has 0 bridgehead atoms. The Kier molecular flexibility index (Phi) is 7.04. The summed E-state index contributed by atoms with van der Waals surface area (Å²) in [4.78, 5) is 10.8. The maximum atomic E-state index is 12.9. The molecule has 0 aromatic heterocycles. The first kappa shape index (κ1) is 22.5. The highest BCUT2D eigenvalue weighted by Gasteiger charge is 2.32. The third kappa shape index (κ3) is 5.47. The summed E-state index contributed by atoms with van der Waals surface area (Å²) in [6.45, 7) is 3.88. The lowest BCUT2D eigenvalue weighted by molar-refractivity contribution is -0.385. The SMILES string of the molecule is C=CC(c1ccc(C(F)(F)F)cc1)[Si](OCc1ccccc1[N+](=O)[O-])c1ccccc1. The van der Waals surface area contributed by atoms with Crippen LogP contribution in [-0.4, -0.2) is 14.0 Å². The van der Waals surface area contributed by atoms with E-state index < -0.39 is 25.7 Å². The smallest absolute Gasteiger partial charge is 0.406 e. The summed E-state index contributed by atoms with van der Waals surface area (Å²) in [7, 11) is -1.87. The van der Waals surface area contributed by atoms with Crippen molar-refractivity contribution < 1.29 is 22.5 Å². The standard InChI is InChI=1S/C23H19F3NO3Si/c1-2-22(17-12-14-19(15-13-17)23(24,25)26)31(20-9-4-3-5-10-20)30-16-18-8-6-7-11-21(18)27(28)29/h2-15,22H,1,16H2. The molecule has 1 unspecified atom stereocenters. The fourth-order valence-corrected chi connectivity index (χ4v) is 5.44. The first-order valence-corrected chi connectivity index (χ1v) is 10.9. The number of halogens is 3. The van der Waals surface area contributed by atoms with Crippen LogP contribution in [0.4, 0.5) is 18.9 Å². The zero-order valence-electron chi connectivity index (χ0n) is 16.4. The molecule has 0 heterocycles. The molecule has 3 aromatic rings. The predicted octanol–water partition coefficient (Wildman–Crippen LogP) is 5.54. The monoisotopic (exact) mass is 442 g/mol. The second-order valence-corrected chi connectivity index (χ2v) is 8.95. The number of para-hydroxylation sites is 1. The van der Waals surface area contributed by atoms with E-state index >= 15 is 0 Å². The predicted molar refractivity (Wildman–Crippen MR) is 114 cm³/mol. The van der Waals surface area contributed by atoms with Gasteiger partial charge in [-0.15, -0.1) is 6.58 Å². The molecule has 4 nitrogen and oxygen atoms in total. The molecule has 1 atom stereocenters. The highest BCUT2D eigenvalue weighted by Crippen LogP contribution is 2.31. The Morgan fingerprint density at radius 2 is 1.61 bits per heavy atom. The largest absolute Gasteiger partial charge is 0.416 e. The van der Waals surface area contributed by atoms with Gasteiger partial charge in [0.15, 0.2) is 0 Å². The Morgan fingerprint density at radius 3 is 2.19 bits per heavy atom. The van der Waals surface area contributed by atoms with Crippen LogP contribution >= 0.6 is 0 Å². The van der Waals surface area contributed by atoms with Gasteiger partial charge in [-0.2, -0.15) is 13.2 Å². The molecule has 0 N–H and O–H groups in total. The normalized spacial score (nSPS) is 12.5. The number of nitrogens with zero attached hydrogens (tertiary/aromatic N) is 1. The van der Waals surface area contributed by atoms with Crippen molar-refractivity contribution in [3.8, 4) is 0 Å². The zero-order chi connectivity index (χ0) is 22.4. The van der Waals surface area contributed by atoms with Crippen molar-refractivity contribution in [2.24, 2.45) is 0 Å². The highest BCUT2D eigenvalue weighted by atomic mass is 28.3. The van der Waals surface area contributed by atoms with E-state index in [4.69, 9.17) is 4.43 Å². The molecule has 8 heteroatoms. The third-order valence-corrected chi connectivity index (χ3v) is 7.24. The number of hydrogen-bond acceptors (Lipinski definition) is 3. The number of benzene rings is 3. The highest BCUT2D eigenvalue weighted by molar-refractivity contribution is 6.69. The van der Waals surface area contributed by atoms with Crippen molar-refractivity contribution in [3.63, 3.8) is 0 Å². The summed E-state index contributed by atoms with van der Waals surface area (Å²) in [6.07, 6.45) is -2.76. The number of rotatable bonds is 8. The third-order valence-electron chi connectivity index (χ3n) is 4.75. The van der Waals surface area contributed by atoms with Crippen molar-refractivity contribution >= 4 is 19.9 Å². The van der Waals surface area contributed by atoms with E-state index in [0.717, 1.165) is 17.3 Å². The van der Waals surface area contributed by atoms with Gasteiger partial charge in [0.05, 0.1) is 22.7 Å². The molecule has 1 radical (unpaired) electrons. The van der Waals surface area contributed by atoms with Crippen molar-refractivity contribution in [1.82, 2.24) is 0 Å². The number of alkyl halides is 3. The maximum absolute atomic E-state index is 12.9. The van der Waals surface area contributed by atoms with Crippen LogP contribution in [0.1, 0.15) is 22.2 Å². The van der Waals surface area contributed by atoms with Gasteiger partial charge in [0, 0.05) is 11.6 Å². The molecule has 3 aromatic carbocycles. The molecular weight excluding hydrogens is 423 g/mol. The summed E-state index contributed by atoms with van der Waals surface area (Å²) in [5.41, 5.74) is -0.0584. The average molecular weight is 442 g/mol. The van der Waals surface area contributed by atoms with E-state index in [-0.39, 0.29) is 17.8 Å². The summed E-state index contributed by atoms with van der Waals surface area (Å²) >= 11 is 0. The minimum Gasteiger partial charge on any atom is -0.406 e. The number of hydrogen-bond donors (Lipinski definition) is 0. The Bertz CT molecular complexity index is 1040. The quantitative estimate of drug-likeness (QED) is 0.199. The molecule has 0 saturated heterocycles. The van der Waals surface area contributed by atoms with Crippen LogP contribution in [0.25, 0.3) is 0 Å². The van der Waals surface area contributed by atoms with Gasteiger partial charge in [0.25, 0.3) is 14.7 Å². The lowest BCUT2D eigenvalue weighted by Crippen LogP contribution is -2.39. The van der Waals surface area contributed by atoms with Crippen molar-refractivity contribution in [3.05, 3.63) is 118 Å². The van der Waals surface area contributed by atoms with E-state index in [1.54, 1.807) is 24.3 Å². The van der Waals surface area contributed by atoms with Crippen LogP contribution < -0.4 is 5.19 Å². The molecular formula is C23H19F3NO3Si. The molecule has 0 fully saturated rings. The molecule has 3 rings (SSSR count). The fourth-order valence-electron chi connectivity index (χ4n) is 3.20. The molecule has 0 saturated carbocycles. The summed E-state index contributed by atoms with van der Waals surface area (Å²) < 4.78 is 45.0. The van der Waals surface area contributed by atoms with Gasteiger partial charge in [-0.05, 0) is 28.9 Å². The van der Waals surface area contributed by atoms with Crippen LogP contribution in [0.3, 0.4) is 0 Å². The molecule has 0 aliphatic carbocycles. The lowest BCUT2D eigenvalue weighted by atomic mass is 10.1. The average Bonchev–Trinajstić information content (AvgIpc) is 2.77. The van der Waals surface area contributed by atoms with Crippen LogP contribution in [0.15, 0.2) is 91.5 Å². The molecule has 0 aliphatic heterocycles. The van der Waals surface area contributed by atoms with Crippen molar-refractivity contribution in [2.75, 3.05) is 0 Å². The van der Waals surface area contributed by atoms with Gasteiger partial charge in [-0.25, -0.2) is 0 Å². The number of allylic oxidation sites excluding steroid dienone is 1. The van der Waals surface area contributed by atoms with Gasteiger partial charge in [-0.1, -0.05) is 60.7 Å². The molecule has 0 aliphatic rings. The van der Waals surface area contributed by atoms with Crippen LogP contribution in [0, 0.1) is 10.1 Å². The Hall–Kier alpha value is -3.23. The van der Waals surface area contributed by atoms with E-state index in [9.17, 15) is 23.3 Å². The van der Waals surface area contributed by atoms with Gasteiger partial charge in [0.1, 0.15) is 0 Å². The fraction of sp³-hybridized carbons (Fsp3) is 0.130. The zero-order valence-corrected chi connectivity index (χ0v) is 17.4. The van der Waals surface area contributed by atoms with Gasteiger partial charge < -0.3 is 4.43 Å². The van der Waals surface area contributed by atoms with Crippen LogP contribution in [-0.2, 0) is 17.2 Å². The maximum Gasteiger partial charge on any atom is 0.416 e. The van der Waals surface area contributed by atoms with Gasteiger partial charge in [-0.3, -0.25) is 10.1 Å². The van der Waals surface area contributed by atoms with Gasteiger partial charge in [0.2, 0.25) is 0 Å². The molecule has 159 valence electrons. The van der Waals surface area contributed by atoms with Crippen LogP contribution in [0.5, 0.6) is 0 Å². The Morgan fingerprint density at radius 1 is 1.00 bits per heavy atom. The van der Waals surface area contributed by atoms with E-state index in [1.807, 2.05) is 30.3 Å². The second-order valence-electron chi connectivity index (χ2n) is 6.74. The first-order chi connectivity index (χ1) is 14.8. The topological polar surface area (TPSA) is 52.4 Å². The first-order valence-electron chi connectivity index (χ1n) is 9.38. The summed E-state index contributed by atoms with van der Waals surface area (Å²) in [5.74, 6) is 0. The Balaban J connectivity index is 1.93. The Labute approximate surface area is 179 Å². The number of nitro groups is 1. The summed E-state index contributed by atoms with van der Waals surface area (Å²) in [6, 6.07) is 20.6. The van der Waals surface area contributed by atoms with E-state index in [0.29, 0.717) is 11.1 Å². The minimum atomic E-state index is -4.42. The van der Waals surface area contributed by atoms with E-state index in [2.05, 4.69) is 6.58 Å². The minimum absolute atomic E-state index is 0.00528. The molecule has 0 amide bonds. The second kappa shape index (κ2) is 9.72. The van der Waals surface area contributed by atoms with E-state index in [1.165, 1.54) is 18.2 Å². The van der Waals surface area contributed by atoms with Crippen molar-refractivity contribution in [1.29, 1.82) is 0 Å². The van der Waals surface area contributed by atoms with Crippen LogP contribution in [0.2, 0.25) is 0 Å². The van der Waals surface area contributed by atoms with Crippen molar-refractivity contribution in [2.45, 2.75) is 18.3 Å². The number of nitro benzene ring substituents is 1. The molecule has 31 heavy (non-hydrogen) atoms. The summed E-state index contributed by atoms with van der Waals surface area (Å²) in [5, 5.41) is 12.2. The van der Waals surface area contributed by atoms with Gasteiger partial charge >= 0.3 is 6.18 Å².